The largest absolute Gasteiger partial charge is 0.351 e. The normalized spacial score (nSPS) is 15.4. The van der Waals surface area contributed by atoms with Gasteiger partial charge in [-0.25, -0.2) is 0 Å². The Bertz CT molecular complexity index is 3540. The molecule has 1 aliphatic heterocycles. The third-order valence-corrected chi connectivity index (χ3v) is 19.9. The van der Waals surface area contributed by atoms with Gasteiger partial charge in [0.15, 0.2) is 0 Å². The van der Waals surface area contributed by atoms with Crippen molar-refractivity contribution in [3.63, 3.8) is 0 Å². The van der Waals surface area contributed by atoms with Crippen LogP contribution in [0.3, 0.4) is 0 Å². The van der Waals surface area contributed by atoms with Crippen molar-refractivity contribution >= 4 is 83.2 Å². The molecule has 0 bridgehead atoms. The van der Waals surface area contributed by atoms with E-state index in [2.05, 4.69) is 37.2 Å². The summed E-state index contributed by atoms with van der Waals surface area (Å²) in [5, 5.41) is 19.4. The first kappa shape index (κ1) is 92.6. The highest BCUT2D eigenvalue weighted by atomic mass is 16.2. The average molecular weight is 1530 g/mol. The van der Waals surface area contributed by atoms with E-state index in [4.69, 9.17) is 0 Å². The molecule has 0 radical (unpaired) electrons. The molecular weight excluding hydrogens is 1400 g/mol. The second-order valence-corrected chi connectivity index (χ2v) is 31.4. The molecule has 28 heteroatoms. The molecule has 1 fully saturated rings. The molecular formula is C82H126N14O14. The Kier molecular flexibility index (Phi) is 38.2. The van der Waals surface area contributed by atoms with Gasteiger partial charge in [-0.3, -0.25) is 67.1 Å². The third-order valence-electron chi connectivity index (χ3n) is 19.9. The molecule has 12 atom stereocenters. The second kappa shape index (κ2) is 45.4. The summed E-state index contributed by atoms with van der Waals surface area (Å²) in [4.78, 5) is 208. The van der Waals surface area contributed by atoms with Crippen molar-refractivity contribution in [1.29, 1.82) is 0 Å². The number of hydrogen-bond acceptors (Lipinski definition) is 14. The lowest BCUT2D eigenvalue weighted by Crippen LogP contribution is -2.60. The topological polar surface area (TPSA) is 346 Å². The Morgan fingerprint density at radius 2 is 0.764 bits per heavy atom. The van der Waals surface area contributed by atoms with E-state index in [-0.39, 0.29) is 99.7 Å². The summed E-state index contributed by atoms with van der Waals surface area (Å²) in [7, 11) is 10.3. The summed E-state index contributed by atoms with van der Waals surface area (Å²) < 4.78 is 0. The monoisotopic (exact) mass is 1530 g/mol. The lowest BCUT2D eigenvalue weighted by atomic mass is 9.96. The minimum Gasteiger partial charge on any atom is -0.351 e. The van der Waals surface area contributed by atoms with E-state index < -0.39 is 137 Å². The minimum absolute atomic E-state index is 0.0251. The SMILES string of the molecule is CC(C)CC(C(=O)N[C@@H](CC(C)C)C(=O)N[C@@H](C)C(=O)N(C)[C@@H](Cc1ccccc1)C(=O)N[C@@H](C)C(=O)N1CCCCC1)N(C)C(=O)[C@H](CC(C)C)N(C)C(=O)C[C@H](C)NC(=O)[C@H](Cc1ccccc1)N(C)C(=O)[C@H](CCC(=O)N(C)C)NC(=O)[C@H](CC(C)C)N(C)C(=O)[C@H](Cc1ccccc1)NC(=O)[C@H](C)NC=O. The first-order chi connectivity index (χ1) is 51.8. The summed E-state index contributed by atoms with van der Waals surface area (Å²) in [6.45, 7) is 22.3. The molecule has 7 N–H and O–H groups in total. The van der Waals surface area contributed by atoms with Gasteiger partial charge < -0.3 is 71.5 Å². The van der Waals surface area contributed by atoms with Crippen LogP contribution in [-0.4, -0.2) is 252 Å². The average Bonchev–Trinajstić information content (AvgIpc) is 0.827. The number of likely N-dealkylation sites (tertiary alicyclic amines) is 1. The van der Waals surface area contributed by atoms with E-state index in [9.17, 15) is 57.5 Å². The zero-order valence-corrected chi connectivity index (χ0v) is 68.4. The predicted molar refractivity (Wildman–Crippen MR) is 421 cm³/mol. The highest BCUT2D eigenvalue weighted by molar-refractivity contribution is 5.99. The van der Waals surface area contributed by atoms with E-state index in [1.54, 1.807) is 93.5 Å². The summed E-state index contributed by atoms with van der Waals surface area (Å²) in [5.74, 6) is -8.30. The molecule has 1 saturated heterocycles. The Labute approximate surface area is 651 Å². The van der Waals surface area contributed by atoms with E-state index in [1.807, 2.05) is 85.7 Å². The molecule has 1 unspecified atom stereocenters. The lowest BCUT2D eigenvalue weighted by molar-refractivity contribution is -0.149. The fraction of sp³-hybridized carbons (Fsp3) is 0.610. The van der Waals surface area contributed by atoms with Gasteiger partial charge in [0.05, 0.1) is 0 Å². The van der Waals surface area contributed by atoms with Crippen LogP contribution < -0.4 is 37.2 Å². The number of nitrogens with one attached hydrogen (secondary N) is 7. The number of carbonyl (C=O) groups is 14. The van der Waals surface area contributed by atoms with E-state index in [0.717, 1.165) is 24.8 Å². The summed E-state index contributed by atoms with van der Waals surface area (Å²) in [6.07, 6.45) is 2.99. The molecule has 0 saturated carbocycles. The van der Waals surface area contributed by atoms with E-state index in [0.29, 0.717) is 30.6 Å². The maximum Gasteiger partial charge on any atom is 0.245 e. The first-order valence-corrected chi connectivity index (χ1v) is 38.7. The van der Waals surface area contributed by atoms with Gasteiger partial charge in [0.2, 0.25) is 83.2 Å². The van der Waals surface area contributed by atoms with Crippen molar-refractivity contribution in [2.24, 2.45) is 23.7 Å². The Balaban J connectivity index is 1.59. The molecule has 0 aromatic heterocycles. The smallest absolute Gasteiger partial charge is 0.245 e. The number of rotatable bonds is 43. The van der Waals surface area contributed by atoms with Crippen LogP contribution in [0.1, 0.15) is 164 Å². The first-order valence-electron chi connectivity index (χ1n) is 38.7. The van der Waals surface area contributed by atoms with Crippen LogP contribution in [0.4, 0.5) is 0 Å². The molecule has 4 rings (SSSR count). The molecule has 110 heavy (non-hydrogen) atoms. The number of benzene rings is 3. The van der Waals surface area contributed by atoms with Gasteiger partial charge in [-0.05, 0) is 119 Å². The zero-order valence-electron chi connectivity index (χ0n) is 68.4. The van der Waals surface area contributed by atoms with Crippen molar-refractivity contribution in [2.75, 3.05) is 62.4 Å². The summed E-state index contributed by atoms with van der Waals surface area (Å²) in [5.41, 5.74) is 2.10. The minimum atomic E-state index is -1.44. The molecule has 608 valence electrons. The lowest BCUT2D eigenvalue weighted by Gasteiger charge is -2.37. The molecule has 3 aromatic rings. The fourth-order valence-corrected chi connectivity index (χ4v) is 13.4. The Hall–Kier alpha value is -9.76. The molecule has 14 amide bonds. The number of nitrogens with zero attached hydrogens (tertiary/aromatic N) is 7. The van der Waals surface area contributed by atoms with Crippen LogP contribution in [0, 0.1) is 23.7 Å². The molecule has 3 aromatic carbocycles. The highest BCUT2D eigenvalue weighted by Crippen LogP contribution is 2.23. The van der Waals surface area contributed by atoms with Crippen molar-refractivity contribution in [3.8, 4) is 0 Å². The van der Waals surface area contributed by atoms with Crippen molar-refractivity contribution in [2.45, 2.75) is 239 Å². The van der Waals surface area contributed by atoms with Crippen molar-refractivity contribution < 1.29 is 67.1 Å². The summed E-state index contributed by atoms with van der Waals surface area (Å²) >= 11 is 0. The Morgan fingerprint density at radius 3 is 1.23 bits per heavy atom. The molecule has 1 aliphatic rings. The number of likely N-dealkylation sites (N-methyl/N-ethyl adjacent to an activating group) is 5. The number of hydrogen-bond donors (Lipinski definition) is 7. The molecule has 28 nitrogen and oxygen atoms in total. The van der Waals surface area contributed by atoms with Crippen LogP contribution in [0.5, 0.6) is 0 Å². The zero-order chi connectivity index (χ0) is 82.4. The molecule has 1 heterocycles. The number of amides is 14. The highest BCUT2D eigenvalue weighted by Gasteiger charge is 2.42. The van der Waals surface area contributed by atoms with Gasteiger partial charge in [-0.2, -0.15) is 0 Å². The standard InChI is InChI=1S/C82H126N14O14/c1-51(2)42-63(73(101)85-57(11)78(106)92(16)68(49-61-36-28-22-29-37-61)75(103)86-58(12)79(107)96-40-30-23-31-41-96)88-77(105)66(44-53(5)6)95(19)82(110)69(45-54(7)8)91(15)71(99)46-55(9)84-74(102)67(48-60-34-26-21-27-35-60)94(18)80(108)62(38-39-70(98)90(13)14)87-76(104)65(43-52(3)4)93(17)81(109)64(47-59-32-24-20-25-33-59)89-72(100)56(10)83-50-97/h20-22,24-29,32-37,50-58,62-69H,23,30-31,38-49H2,1-19H3,(H,83,97)(H,84,102)(H,85,101)(H,86,103)(H,87,104)(H,88,105)(H,89,100)/t55-,56-,57-,58-,62-,63-,64-,65-,66?,67-,68-,69-/m0/s1. The number of carbonyl (C=O) groups excluding carboxylic acids is 14. The van der Waals surface area contributed by atoms with Gasteiger partial charge in [-0.15, -0.1) is 0 Å². The van der Waals surface area contributed by atoms with Gasteiger partial charge in [0.25, 0.3) is 0 Å². The second-order valence-electron chi connectivity index (χ2n) is 31.4. The fourth-order valence-electron chi connectivity index (χ4n) is 13.4. The van der Waals surface area contributed by atoms with Crippen LogP contribution >= 0.6 is 0 Å². The van der Waals surface area contributed by atoms with Crippen LogP contribution in [0.25, 0.3) is 0 Å². The van der Waals surface area contributed by atoms with Crippen LogP contribution in [0.15, 0.2) is 91.0 Å². The maximum absolute atomic E-state index is 15.2. The van der Waals surface area contributed by atoms with Crippen LogP contribution in [0.2, 0.25) is 0 Å². The number of piperidine rings is 1. The van der Waals surface area contributed by atoms with E-state index >= 15 is 9.59 Å². The summed E-state index contributed by atoms with van der Waals surface area (Å²) in [6, 6.07) is 13.2. The third kappa shape index (κ3) is 29.2. The van der Waals surface area contributed by atoms with Crippen molar-refractivity contribution in [1.82, 2.24) is 71.5 Å². The Morgan fingerprint density at radius 1 is 0.373 bits per heavy atom. The van der Waals surface area contributed by atoms with Gasteiger partial charge in [-0.1, -0.05) is 146 Å². The van der Waals surface area contributed by atoms with Gasteiger partial charge in [0.1, 0.15) is 66.5 Å². The van der Waals surface area contributed by atoms with E-state index in [1.165, 1.54) is 78.5 Å². The van der Waals surface area contributed by atoms with Gasteiger partial charge >= 0.3 is 0 Å². The molecule has 0 aliphatic carbocycles. The van der Waals surface area contributed by atoms with Crippen molar-refractivity contribution in [3.05, 3.63) is 108 Å². The maximum atomic E-state index is 15.2. The predicted octanol–water partition coefficient (Wildman–Crippen LogP) is 4.41. The van der Waals surface area contributed by atoms with Gasteiger partial charge in [0, 0.05) is 101 Å². The molecule has 0 spiro atoms. The quantitative estimate of drug-likeness (QED) is 0.0386. The van der Waals surface area contributed by atoms with Crippen LogP contribution in [-0.2, 0) is 86.4 Å².